The van der Waals surface area contributed by atoms with E-state index in [0.717, 1.165) is 11.8 Å². The Morgan fingerprint density at radius 3 is 2.22 bits per heavy atom. The normalized spacial score (nSPS) is 24.3. The summed E-state index contributed by atoms with van der Waals surface area (Å²) in [6.45, 7) is 2.42. The van der Waals surface area contributed by atoms with Gasteiger partial charge < -0.3 is 0 Å². The first-order chi connectivity index (χ1) is 8.88. The van der Waals surface area contributed by atoms with Gasteiger partial charge in [-0.25, -0.2) is 0 Å². The van der Waals surface area contributed by atoms with E-state index in [9.17, 15) is 0 Å². The van der Waals surface area contributed by atoms with Gasteiger partial charge in [0.25, 0.3) is 0 Å². The fraction of sp³-hybridized carbons (Fsp3) is 0.571. The minimum absolute atomic E-state index is 0.0179. The Labute approximate surface area is 135 Å². The molecule has 2 rings (SSSR count). The Bertz CT molecular complexity index is 324. The van der Waals surface area contributed by atoms with Gasteiger partial charge in [-0.1, -0.05) is 0 Å². The number of hydrogen-bond acceptors (Lipinski definition) is 2. The van der Waals surface area contributed by atoms with Gasteiger partial charge in [-0.15, -0.1) is 0 Å². The summed E-state index contributed by atoms with van der Waals surface area (Å²) >= 11 is 2.28. The first-order valence-corrected chi connectivity index (χ1v) is 9.87. The first-order valence-electron chi connectivity index (χ1n) is 6.63. The standard InChI is InChI=1S/C14H21I2N2/c15-17-10-12-6-8-13(9-7-12)11-18-16-14-4-2-1-3-5-14/h1-5,12-13,17-18H,6-11H2/q-1. The number of benzene rings is 1. The zero-order valence-electron chi connectivity index (χ0n) is 10.5. The van der Waals surface area contributed by atoms with Gasteiger partial charge in [-0.2, -0.15) is 0 Å². The van der Waals surface area contributed by atoms with Crippen LogP contribution in [0.3, 0.4) is 0 Å². The molecule has 0 radical (unpaired) electrons. The third kappa shape index (κ3) is 5.30. The van der Waals surface area contributed by atoms with Crippen molar-refractivity contribution in [2.24, 2.45) is 11.8 Å². The second-order valence-electron chi connectivity index (χ2n) is 4.95. The molecule has 4 heteroatoms. The van der Waals surface area contributed by atoms with Crippen LogP contribution in [-0.2, 0) is 0 Å². The first kappa shape index (κ1) is 15.0. The van der Waals surface area contributed by atoms with Crippen molar-refractivity contribution in [1.82, 2.24) is 7.06 Å². The van der Waals surface area contributed by atoms with E-state index in [1.54, 1.807) is 0 Å². The molecule has 1 aromatic rings. The van der Waals surface area contributed by atoms with Crippen LogP contribution in [0.1, 0.15) is 25.7 Å². The number of hydrogen-bond donors (Lipinski definition) is 2. The molecule has 1 aliphatic carbocycles. The predicted molar refractivity (Wildman–Crippen MR) is 80.6 cm³/mol. The summed E-state index contributed by atoms with van der Waals surface area (Å²) in [5.74, 6) is 1.83. The van der Waals surface area contributed by atoms with Gasteiger partial charge in [0.2, 0.25) is 0 Å². The number of halogens is 2. The monoisotopic (exact) mass is 471 g/mol. The molecule has 0 unspecified atom stereocenters. The van der Waals surface area contributed by atoms with E-state index in [2.05, 4.69) is 60.3 Å². The summed E-state index contributed by atoms with van der Waals surface area (Å²) < 4.78 is 8.49. The van der Waals surface area contributed by atoms with Crippen molar-refractivity contribution in [3.05, 3.63) is 33.9 Å². The van der Waals surface area contributed by atoms with Gasteiger partial charge in [0.15, 0.2) is 0 Å². The molecule has 0 aliphatic heterocycles. The molecule has 0 atom stereocenters. The molecular weight excluding hydrogens is 450 g/mol. The van der Waals surface area contributed by atoms with E-state index in [-0.39, 0.29) is 21.5 Å². The van der Waals surface area contributed by atoms with Gasteiger partial charge in [-0.05, 0) is 0 Å². The van der Waals surface area contributed by atoms with E-state index in [1.807, 2.05) is 0 Å². The summed E-state index contributed by atoms with van der Waals surface area (Å²) in [6.07, 6.45) is 5.64. The van der Waals surface area contributed by atoms with Crippen molar-refractivity contribution in [2.45, 2.75) is 25.7 Å². The Kier molecular flexibility index (Phi) is 7.26. The van der Waals surface area contributed by atoms with Crippen molar-refractivity contribution < 1.29 is 21.5 Å². The molecule has 0 bridgehead atoms. The van der Waals surface area contributed by atoms with Crippen LogP contribution in [0.15, 0.2) is 30.3 Å². The number of rotatable bonds is 6. The molecule has 1 aromatic carbocycles. The molecule has 0 saturated heterocycles. The second kappa shape index (κ2) is 8.71. The van der Waals surface area contributed by atoms with E-state index >= 15 is 0 Å². The molecular formula is C14H21I2N2-. The average molecular weight is 471 g/mol. The van der Waals surface area contributed by atoms with Crippen LogP contribution < -0.4 is 28.5 Å². The summed E-state index contributed by atoms with van der Waals surface area (Å²) in [7, 11) is 0. The summed E-state index contributed by atoms with van der Waals surface area (Å²) in [5, 5.41) is 0. The van der Waals surface area contributed by atoms with E-state index in [0.29, 0.717) is 0 Å². The molecule has 0 spiro atoms. The molecule has 18 heavy (non-hydrogen) atoms. The van der Waals surface area contributed by atoms with Gasteiger partial charge in [0.05, 0.1) is 0 Å². The van der Waals surface area contributed by atoms with Crippen molar-refractivity contribution >= 4 is 22.9 Å². The van der Waals surface area contributed by atoms with E-state index in [4.69, 9.17) is 0 Å². The topological polar surface area (TPSA) is 24.1 Å². The molecule has 102 valence electrons. The van der Waals surface area contributed by atoms with Crippen molar-refractivity contribution in [2.75, 3.05) is 13.1 Å². The van der Waals surface area contributed by atoms with Gasteiger partial charge in [0, 0.05) is 0 Å². The van der Waals surface area contributed by atoms with Crippen molar-refractivity contribution in [1.29, 1.82) is 0 Å². The van der Waals surface area contributed by atoms with Crippen LogP contribution in [0.2, 0.25) is 0 Å². The Morgan fingerprint density at radius 2 is 1.61 bits per heavy atom. The summed E-state index contributed by atoms with van der Waals surface area (Å²) in [5.41, 5.74) is 0. The van der Waals surface area contributed by atoms with Crippen LogP contribution in [0.4, 0.5) is 0 Å². The van der Waals surface area contributed by atoms with Crippen molar-refractivity contribution in [3.63, 3.8) is 0 Å². The van der Waals surface area contributed by atoms with Gasteiger partial charge in [0.1, 0.15) is 0 Å². The Hall–Kier alpha value is 0.600. The maximum atomic E-state index is 3.71. The average Bonchev–Trinajstić information content (AvgIpc) is 2.42. The van der Waals surface area contributed by atoms with Crippen LogP contribution in [0, 0.1) is 15.4 Å². The molecule has 2 N–H and O–H groups in total. The Balaban J connectivity index is 1.61. The molecule has 1 aliphatic rings. The fourth-order valence-corrected chi connectivity index (χ4v) is 5.13. The predicted octanol–water partition coefficient (Wildman–Crippen LogP) is 0.196. The molecule has 0 amide bonds. The van der Waals surface area contributed by atoms with Crippen LogP contribution in [0.5, 0.6) is 0 Å². The van der Waals surface area contributed by atoms with Crippen molar-refractivity contribution in [3.8, 4) is 0 Å². The van der Waals surface area contributed by atoms with Crippen LogP contribution >= 0.6 is 22.9 Å². The zero-order chi connectivity index (χ0) is 12.6. The third-order valence-electron chi connectivity index (χ3n) is 3.61. The fourth-order valence-electron chi connectivity index (χ4n) is 2.45. The zero-order valence-corrected chi connectivity index (χ0v) is 14.9. The molecule has 0 heterocycles. The summed E-state index contributed by atoms with van der Waals surface area (Å²) in [4.78, 5) is 0. The van der Waals surface area contributed by atoms with E-state index in [1.165, 1.54) is 42.3 Å². The molecule has 1 saturated carbocycles. The van der Waals surface area contributed by atoms with Crippen LogP contribution in [-0.4, -0.2) is 13.1 Å². The quantitative estimate of drug-likeness (QED) is 0.458. The molecule has 0 aromatic heterocycles. The third-order valence-corrected chi connectivity index (χ3v) is 6.21. The maximum absolute atomic E-state index is 3.71. The second-order valence-corrected chi connectivity index (χ2v) is 8.26. The summed E-state index contributed by atoms with van der Waals surface area (Å²) in [6, 6.07) is 10.8. The minimum atomic E-state index is 0.0179. The SMILES string of the molecule is INCC1CCC(CN[I-]c2ccccc2)CC1. The van der Waals surface area contributed by atoms with E-state index < -0.39 is 0 Å². The van der Waals surface area contributed by atoms with Gasteiger partial charge >= 0.3 is 136 Å². The Morgan fingerprint density at radius 1 is 1.00 bits per heavy atom. The van der Waals surface area contributed by atoms with Crippen LogP contribution in [0.25, 0.3) is 0 Å². The number of nitrogens with one attached hydrogen (secondary N) is 2. The molecule has 2 nitrogen and oxygen atoms in total. The molecule has 1 fully saturated rings. The van der Waals surface area contributed by atoms with Gasteiger partial charge in [-0.3, -0.25) is 0 Å².